The van der Waals surface area contributed by atoms with Gasteiger partial charge in [0, 0.05) is 23.1 Å². The highest BCUT2D eigenvalue weighted by atomic mass is 35.5. The molecule has 4 nitrogen and oxygen atoms in total. The summed E-state index contributed by atoms with van der Waals surface area (Å²) in [5.41, 5.74) is 1.02. The van der Waals surface area contributed by atoms with E-state index in [1.54, 1.807) is 29.2 Å². The van der Waals surface area contributed by atoms with Crippen molar-refractivity contribution < 1.29 is 13.2 Å². The summed E-state index contributed by atoms with van der Waals surface area (Å²) < 4.78 is 26.0. The van der Waals surface area contributed by atoms with Gasteiger partial charge in [0.2, 0.25) is 5.91 Å². The standard InChI is InChI=1S/C23H25Cl2NO3S/c24-18-9-7-17(8-10-18)23(12-3-4-13-23)22(27)26-14-11-21(30(28,29)16-15-26)19-5-1-2-6-20(19)25/h1-2,5-10,21H,3-4,11-16H2. The molecule has 1 heterocycles. The molecule has 4 rings (SSSR count). The Morgan fingerprint density at radius 2 is 1.63 bits per heavy atom. The molecule has 0 aromatic heterocycles. The third-order valence-electron chi connectivity index (χ3n) is 6.54. The van der Waals surface area contributed by atoms with Crippen LogP contribution in [0.15, 0.2) is 48.5 Å². The first-order chi connectivity index (χ1) is 14.3. The average Bonchev–Trinajstić information content (AvgIpc) is 3.16. The van der Waals surface area contributed by atoms with Crippen molar-refractivity contribution in [3.8, 4) is 0 Å². The maximum atomic E-state index is 13.8. The number of hydrogen-bond donors (Lipinski definition) is 0. The van der Waals surface area contributed by atoms with Gasteiger partial charge in [-0.05, 0) is 48.6 Å². The monoisotopic (exact) mass is 465 g/mol. The molecule has 0 bridgehead atoms. The molecule has 1 atom stereocenters. The van der Waals surface area contributed by atoms with Crippen LogP contribution >= 0.6 is 23.2 Å². The van der Waals surface area contributed by atoms with E-state index in [1.165, 1.54) is 0 Å². The highest BCUT2D eigenvalue weighted by Crippen LogP contribution is 2.44. The number of amides is 1. The zero-order valence-corrected chi connectivity index (χ0v) is 19.0. The number of rotatable bonds is 3. The van der Waals surface area contributed by atoms with Crippen molar-refractivity contribution in [3.05, 3.63) is 69.7 Å². The quantitative estimate of drug-likeness (QED) is 0.626. The van der Waals surface area contributed by atoms with E-state index in [-0.39, 0.29) is 18.2 Å². The van der Waals surface area contributed by atoms with Crippen molar-refractivity contribution in [2.45, 2.75) is 42.8 Å². The molecule has 1 aliphatic heterocycles. The van der Waals surface area contributed by atoms with E-state index >= 15 is 0 Å². The van der Waals surface area contributed by atoms with Crippen LogP contribution in [0.25, 0.3) is 0 Å². The van der Waals surface area contributed by atoms with Crippen molar-refractivity contribution in [2.75, 3.05) is 18.8 Å². The number of halogens is 2. The number of carbonyl (C=O) groups excluding carboxylic acids is 1. The number of hydrogen-bond acceptors (Lipinski definition) is 3. The lowest BCUT2D eigenvalue weighted by Gasteiger charge is -2.34. The van der Waals surface area contributed by atoms with E-state index in [9.17, 15) is 13.2 Å². The Kier molecular flexibility index (Phi) is 6.16. The Hall–Kier alpha value is -1.56. The molecule has 30 heavy (non-hydrogen) atoms. The molecule has 0 spiro atoms. The van der Waals surface area contributed by atoms with E-state index < -0.39 is 20.5 Å². The van der Waals surface area contributed by atoms with Crippen LogP contribution in [0, 0.1) is 0 Å². The van der Waals surface area contributed by atoms with Gasteiger partial charge in [-0.1, -0.05) is 66.4 Å². The Morgan fingerprint density at radius 1 is 0.967 bits per heavy atom. The molecule has 2 aromatic carbocycles. The fraction of sp³-hybridized carbons (Fsp3) is 0.435. The molecule has 7 heteroatoms. The summed E-state index contributed by atoms with van der Waals surface area (Å²) in [6, 6.07) is 14.6. The van der Waals surface area contributed by atoms with Crippen LogP contribution in [-0.2, 0) is 20.0 Å². The minimum Gasteiger partial charge on any atom is -0.341 e. The summed E-state index contributed by atoms with van der Waals surface area (Å²) in [7, 11) is -3.41. The average molecular weight is 466 g/mol. The van der Waals surface area contributed by atoms with Gasteiger partial charge < -0.3 is 4.90 Å². The van der Waals surface area contributed by atoms with Crippen molar-refractivity contribution in [1.29, 1.82) is 0 Å². The van der Waals surface area contributed by atoms with Gasteiger partial charge in [0.05, 0.1) is 16.4 Å². The van der Waals surface area contributed by atoms with Crippen LogP contribution in [0.4, 0.5) is 0 Å². The second kappa shape index (κ2) is 8.52. The van der Waals surface area contributed by atoms with E-state index in [1.807, 2.05) is 24.3 Å². The van der Waals surface area contributed by atoms with Crippen LogP contribution in [0.2, 0.25) is 10.0 Å². The predicted molar refractivity (Wildman–Crippen MR) is 121 cm³/mol. The summed E-state index contributed by atoms with van der Waals surface area (Å²) in [6.45, 7) is 0.626. The zero-order chi connectivity index (χ0) is 21.4. The third kappa shape index (κ3) is 4.00. The van der Waals surface area contributed by atoms with Crippen LogP contribution in [0.5, 0.6) is 0 Å². The molecule has 0 radical (unpaired) electrons. The fourth-order valence-corrected chi connectivity index (χ4v) is 7.18. The molecule has 2 aliphatic rings. The van der Waals surface area contributed by atoms with Gasteiger partial charge >= 0.3 is 0 Å². The van der Waals surface area contributed by atoms with Crippen molar-refractivity contribution in [2.24, 2.45) is 0 Å². The van der Waals surface area contributed by atoms with E-state index in [2.05, 4.69) is 0 Å². The Bertz CT molecular complexity index is 1030. The smallest absolute Gasteiger partial charge is 0.233 e. The first-order valence-electron chi connectivity index (χ1n) is 10.3. The van der Waals surface area contributed by atoms with Gasteiger partial charge in [-0.15, -0.1) is 0 Å². The summed E-state index contributed by atoms with van der Waals surface area (Å²) in [5.74, 6) is -0.0111. The molecule has 1 aliphatic carbocycles. The van der Waals surface area contributed by atoms with E-state index in [4.69, 9.17) is 23.2 Å². The molecule has 1 saturated heterocycles. The van der Waals surface area contributed by atoms with Crippen molar-refractivity contribution >= 4 is 38.9 Å². The number of benzene rings is 2. The number of sulfone groups is 1. The van der Waals surface area contributed by atoms with Crippen molar-refractivity contribution in [1.82, 2.24) is 4.90 Å². The third-order valence-corrected chi connectivity index (χ3v) is 9.25. The lowest BCUT2D eigenvalue weighted by atomic mass is 9.77. The molecule has 2 fully saturated rings. The lowest BCUT2D eigenvalue weighted by molar-refractivity contribution is -0.137. The molecular weight excluding hydrogens is 441 g/mol. The fourth-order valence-electron chi connectivity index (χ4n) is 4.91. The Morgan fingerprint density at radius 3 is 2.30 bits per heavy atom. The van der Waals surface area contributed by atoms with E-state index in [0.29, 0.717) is 28.6 Å². The summed E-state index contributed by atoms with van der Waals surface area (Å²) in [4.78, 5) is 15.5. The molecular formula is C23H25Cl2NO3S. The Labute approximate surface area is 188 Å². The lowest BCUT2D eigenvalue weighted by Crippen LogP contribution is -2.46. The van der Waals surface area contributed by atoms with Crippen LogP contribution < -0.4 is 0 Å². The normalized spacial score (nSPS) is 23.1. The van der Waals surface area contributed by atoms with Crippen molar-refractivity contribution in [3.63, 3.8) is 0 Å². The molecule has 1 saturated carbocycles. The van der Waals surface area contributed by atoms with Crippen LogP contribution in [0.3, 0.4) is 0 Å². The van der Waals surface area contributed by atoms with E-state index in [0.717, 1.165) is 31.2 Å². The van der Waals surface area contributed by atoms with Gasteiger partial charge in [-0.2, -0.15) is 0 Å². The second-order valence-electron chi connectivity index (χ2n) is 8.25. The minimum atomic E-state index is -3.41. The van der Waals surface area contributed by atoms with Crippen LogP contribution in [-0.4, -0.2) is 38.1 Å². The highest BCUT2D eigenvalue weighted by molar-refractivity contribution is 7.91. The zero-order valence-electron chi connectivity index (χ0n) is 16.7. The predicted octanol–water partition coefficient (Wildman–Crippen LogP) is 5.19. The second-order valence-corrected chi connectivity index (χ2v) is 11.4. The molecule has 0 N–H and O–H groups in total. The van der Waals surface area contributed by atoms with Gasteiger partial charge in [-0.25, -0.2) is 8.42 Å². The first kappa shape index (κ1) is 21.7. The van der Waals surface area contributed by atoms with Gasteiger partial charge in [-0.3, -0.25) is 4.79 Å². The molecule has 160 valence electrons. The summed E-state index contributed by atoms with van der Waals surface area (Å²) in [5, 5.41) is 0.418. The molecule has 2 aromatic rings. The minimum absolute atomic E-state index is 0.0392. The maximum absolute atomic E-state index is 13.8. The SMILES string of the molecule is O=C(N1CCC(c2ccccc2Cl)S(=O)(=O)CC1)C1(c2ccc(Cl)cc2)CCCC1. The number of carbonyl (C=O) groups is 1. The van der Waals surface area contributed by atoms with Gasteiger partial charge in [0.1, 0.15) is 0 Å². The van der Waals surface area contributed by atoms with Gasteiger partial charge in [0.15, 0.2) is 9.84 Å². The largest absolute Gasteiger partial charge is 0.341 e. The topological polar surface area (TPSA) is 54.5 Å². The van der Waals surface area contributed by atoms with Crippen LogP contribution in [0.1, 0.15) is 48.5 Å². The molecule has 1 unspecified atom stereocenters. The summed E-state index contributed by atoms with van der Waals surface area (Å²) >= 11 is 12.4. The molecule has 1 amide bonds. The van der Waals surface area contributed by atoms with Gasteiger partial charge in [0.25, 0.3) is 0 Å². The highest BCUT2D eigenvalue weighted by Gasteiger charge is 2.46. The summed E-state index contributed by atoms with van der Waals surface area (Å²) in [6.07, 6.45) is 3.90. The number of nitrogens with zero attached hydrogens (tertiary/aromatic N) is 1. The maximum Gasteiger partial charge on any atom is 0.233 e. The Balaban J connectivity index is 1.62. The first-order valence-corrected chi connectivity index (χ1v) is 12.8.